The van der Waals surface area contributed by atoms with Crippen LogP contribution >= 0.6 is 11.6 Å². The zero-order valence-electron chi connectivity index (χ0n) is 12.0. The van der Waals surface area contributed by atoms with E-state index in [0.29, 0.717) is 0 Å². The third kappa shape index (κ3) is 3.46. The standard InChI is InChI=1S/C15H19ClN4/c1-11(12-5-4-6-13(16)9-12)20(3)15-8-7-14(10-17-2)18-19-15/h4-9,11,17H,10H2,1-3H3. The van der Waals surface area contributed by atoms with Gasteiger partial charge in [-0.2, -0.15) is 5.10 Å². The molecule has 106 valence electrons. The molecule has 0 fully saturated rings. The molecule has 2 aromatic rings. The lowest BCUT2D eigenvalue weighted by Gasteiger charge is -2.26. The van der Waals surface area contributed by atoms with E-state index in [0.717, 1.165) is 28.6 Å². The largest absolute Gasteiger partial charge is 0.351 e. The number of rotatable bonds is 5. The van der Waals surface area contributed by atoms with Crippen LogP contribution < -0.4 is 10.2 Å². The highest BCUT2D eigenvalue weighted by atomic mass is 35.5. The maximum Gasteiger partial charge on any atom is 0.151 e. The fourth-order valence-corrected chi connectivity index (χ4v) is 2.20. The fraction of sp³-hybridized carbons (Fsp3) is 0.333. The Morgan fingerprint density at radius 3 is 2.65 bits per heavy atom. The summed E-state index contributed by atoms with van der Waals surface area (Å²) in [6, 6.07) is 12.0. The number of hydrogen-bond acceptors (Lipinski definition) is 4. The predicted octanol–water partition coefficient (Wildman–Crippen LogP) is 3.05. The molecule has 0 saturated carbocycles. The van der Waals surface area contributed by atoms with Crippen molar-refractivity contribution in [3.05, 3.63) is 52.7 Å². The van der Waals surface area contributed by atoms with Crippen molar-refractivity contribution in [1.29, 1.82) is 0 Å². The zero-order chi connectivity index (χ0) is 14.5. The Morgan fingerprint density at radius 1 is 1.25 bits per heavy atom. The second-order valence-corrected chi connectivity index (χ2v) is 5.19. The molecule has 20 heavy (non-hydrogen) atoms. The first-order valence-corrected chi connectivity index (χ1v) is 6.95. The van der Waals surface area contributed by atoms with Crippen molar-refractivity contribution in [2.24, 2.45) is 0 Å². The SMILES string of the molecule is CNCc1ccc(N(C)C(C)c2cccc(Cl)c2)nn1. The Labute approximate surface area is 124 Å². The van der Waals surface area contributed by atoms with Crippen LogP contribution in [0.25, 0.3) is 0 Å². The van der Waals surface area contributed by atoms with E-state index in [-0.39, 0.29) is 6.04 Å². The topological polar surface area (TPSA) is 41.0 Å². The van der Waals surface area contributed by atoms with Gasteiger partial charge in [0, 0.05) is 18.6 Å². The first kappa shape index (κ1) is 14.8. The zero-order valence-corrected chi connectivity index (χ0v) is 12.7. The van der Waals surface area contributed by atoms with Crippen molar-refractivity contribution in [3.8, 4) is 0 Å². The summed E-state index contributed by atoms with van der Waals surface area (Å²) in [7, 11) is 3.90. The molecule has 0 bridgehead atoms. The molecule has 1 heterocycles. The van der Waals surface area contributed by atoms with E-state index >= 15 is 0 Å². The number of hydrogen-bond donors (Lipinski definition) is 1. The monoisotopic (exact) mass is 290 g/mol. The highest BCUT2D eigenvalue weighted by Gasteiger charge is 2.14. The molecule has 0 aliphatic rings. The van der Waals surface area contributed by atoms with Gasteiger partial charge < -0.3 is 10.2 Å². The molecule has 0 aliphatic heterocycles. The van der Waals surface area contributed by atoms with Crippen LogP contribution in [0.15, 0.2) is 36.4 Å². The van der Waals surface area contributed by atoms with Crippen LogP contribution in [-0.4, -0.2) is 24.3 Å². The van der Waals surface area contributed by atoms with Crippen LogP contribution in [0.1, 0.15) is 24.2 Å². The number of aromatic nitrogens is 2. The van der Waals surface area contributed by atoms with Gasteiger partial charge in [-0.25, -0.2) is 0 Å². The highest BCUT2D eigenvalue weighted by Crippen LogP contribution is 2.25. The Morgan fingerprint density at radius 2 is 2.05 bits per heavy atom. The van der Waals surface area contributed by atoms with E-state index in [1.807, 2.05) is 44.4 Å². The first-order valence-electron chi connectivity index (χ1n) is 6.57. The van der Waals surface area contributed by atoms with Crippen molar-refractivity contribution < 1.29 is 0 Å². The van der Waals surface area contributed by atoms with E-state index < -0.39 is 0 Å². The van der Waals surface area contributed by atoms with Crippen molar-refractivity contribution in [2.75, 3.05) is 19.0 Å². The minimum Gasteiger partial charge on any atom is -0.351 e. The predicted molar refractivity (Wildman–Crippen MR) is 83.1 cm³/mol. The van der Waals surface area contributed by atoms with Gasteiger partial charge in [-0.3, -0.25) is 0 Å². The van der Waals surface area contributed by atoms with Gasteiger partial charge in [0.25, 0.3) is 0 Å². The number of benzene rings is 1. The molecule has 0 radical (unpaired) electrons. The minimum absolute atomic E-state index is 0.179. The summed E-state index contributed by atoms with van der Waals surface area (Å²) < 4.78 is 0. The Balaban J connectivity index is 2.15. The molecule has 4 nitrogen and oxygen atoms in total. The van der Waals surface area contributed by atoms with Gasteiger partial charge >= 0.3 is 0 Å². The number of anilines is 1. The Kier molecular flexibility index (Phi) is 4.93. The van der Waals surface area contributed by atoms with Crippen molar-refractivity contribution in [2.45, 2.75) is 19.5 Å². The summed E-state index contributed by atoms with van der Waals surface area (Å²) in [5, 5.41) is 12.3. The molecule has 0 spiro atoms. The number of nitrogens with one attached hydrogen (secondary N) is 1. The molecule has 1 aromatic carbocycles. The van der Waals surface area contributed by atoms with Crippen LogP contribution in [0, 0.1) is 0 Å². The molecule has 0 aliphatic carbocycles. The van der Waals surface area contributed by atoms with E-state index in [1.165, 1.54) is 0 Å². The normalized spacial score (nSPS) is 12.2. The smallest absolute Gasteiger partial charge is 0.151 e. The van der Waals surface area contributed by atoms with E-state index in [1.54, 1.807) is 0 Å². The van der Waals surface area contributed by atoms with Crippen LogP contribution in [0.3, 0.4) is 0 Å². The average Bonchev–Trinajstić information content (AvgIpc) is 2.47. The lowest BCUT2D eigenvalue weighted by Crippen LogP contribution is -2.23. The van der Waals surface area contributed by atoms with E-state index in [4.69, 9.17) is 11.6 Å². The average molecular weight is 291 g/mol. The summed E-state index contributed by atoms with van der Waals surface area (Å²) in [4.78, 5) is 2.09. The van der Waals surface area contributed by atoms with E-state index in [2.05, 4.69) is 33.4 Å². The van der Waals surface area contributed by atoms with Gasteiger partial charge in [0.15, 0.2) is 5.82 Å². The van der Waals surface area contributed by atoms with Gasteiger partial charge in [0.05, 0.1) is 11.7 Å². The summed E-state index contributed by atoms with van der Waals surface area (Å²) >= 11 is 6.04. The maximum atomic E-state index is 6.04. The minimum atomic E-state index is 0.179. The third-order valence-corrected chi connectivity index (χ3v) is 3.57. The molecule has 2 rings (SSSR count). The Bertz CT molecular complexity index is 556. The molecule has 1 atom stereocenters. The van der Waals surface area contributed by atoms with Crippen molar-refractivity contribution in [1.82, 2.24) is 15.5 Å². The second kappa shape index (κ2) is 6.68. The molecule has 0 saturated heterocycles. The van der Waals surface area contributed by atoms with Crippen molar-refractivity contribution >= 4 is 17.4 Å². The fourth-order valence-electron chi connectivity index (χ4n) is 2.00. The molecule has 1 aromatic heterocycles. The summed E-state index contributed by atoms with van der Waals surface area (Å²) in [5.41, 5.74) is 2.08. The third-order valence-electron chi connectivity index (χ3n) is 3.34. The molecule has 0 amide bonds. The number of nitrogens with zero attached hydrogens (tertiary/aromatic N) is 3. The summed E-state index contributed by atoms with van der Waals surface area (Å²) in [5.74, 6) is 0.845. The molecule has 1 N–H and O–H groups in total. The van der Waals surface area contributed by atoms with Crippen LogP contribution in [0.5, 0.6) is 0 Å². The lowest BCUT2D eigenvalue weighted by molar-refractivity contribution is 0.708. The van der Waals surface area contributed by atoms with Gasteiger partial charge in [0.1, 0.15) is 0 Å². The van der Waals surface area contributed by atoms with E-state index in [9.17, 15) is 0 Å². The molecular formula is C15H19ClN4. The maximum absolute atomic E-state index is 6.04. The number of halogens is 1. The van der Waals surface area contributed by atoms with Gasteiger partial charge in [-0.15, -0.1) is 5.10 Å². The highest BCUT2D eigenvalue weighted by molar-refractivity contribution is 6.30. The van der Waals surface area contributed by atoms with Crippen LogP contribution in [0.2, 0.25) is 5.02 Å². The summed E-state index contributed by atoms with van der Waals surface area (Å²) in [6.07, 6.45) is 0. The van der Waals surface area contributed by atoms with Crippen LogP contribution in [-0.2, 0) is 6.54 Å². The summed E-state index contributed by atoms with van der Waals surface area (Å²) in [6.45, 7) is 2.84. The van der Waals surface area contributed by atoms with Gasteiger partial charge in [-0.05, 0) is 43.8 Å². The molecule has 1 unspecified atom stereocenters. The van der Waals surface area contributed by atoms with Crippen molar-refractivity contribution in [3.63, 3.8) is 0 Å². The molecule has 5 heteroatoms. The van der Waals surface area contributed by atoms with Crippen LogP contribution in [0.4, 0.5) is 5.82 Å². The van der Waals surface area contributed by atoms with Gasteiger partial charge in [0.2, 0.25) is 0 Å². The molecular weight excluding hydrogens is 272 g/mol. The lowest BCUT2D eigenvalue weighted by atomic mass is 10.1. The Hall–Kier alpha value is -1.65. The second-order valence-electron chi connectivity index (χ2n) is 4.76. The quantitative estimate of drug-likeness (QED) is 0.919. The first-order chi connectivity index (χ1) is 9.61. The van der Waals surface area contributed by atoms with Gasteiger partial charge in [-0.1, -0.05) is 23.7 Å².